The van der Waals surface area contributed by atoms with E-state index in [4.69, 9.17) is 11.0 Å². The average Bonchev–Trinajstić information content (AvgIpc) is 2.73. The summed E-state index contributed by atoms with van der Waals surface area (Å²) in [7, 11) is -3.81. The Morgan fingerprint density at radius 2 is 2.21 bits per heavy atom. The van der Waals surface area contributed by atoms with Gasteiger partial charge in [-0.25, -0.2) is 13.4 Å². The highest BCUT2D eigenvalue weighted by Crippen LogP contribution is 2.27. The topological polar surface area (TPSA) is 109 Å². The zero-order valence-corrected chi connectivity index (χ0v) is 12.5. The van der Waals surface area contributed by atoms with Gasteiger partial charge in [0.25, 0.3) is 10.0 Å². The van der Waals surface area contributed by atoms with Crippen LogP contribution in [0.1, 0.15) is 5.56 Å². The Balaban J connectivity index is 2.37. The SMILES string of the molecule is N#Cc1ccc(S(=O)(=O)Nc2ncc(Br)s2)c(N)c1. The fourth-order valence-corrected chi connectivity index (χ4v) is 3.80. The maximum atomic E-state index is 12.1. The summed E-state index contributed by atoms with van der Waals surface area (Å²) >= 11 is 4.33. The average molecular weight is 359 g/mol. The van der Waals surface area contributed by atoms with E-state index in [1.807, 2.05) is 6.07 Å². The van der Waals surface area contributed by atoms with Gasteiger partial charge in [0, 0.05) is 0 Å². The molecule has 0 aliphatic carbocycles. The monoisotopic (exact) mass is 358 g/mol. The number of nitrogen functional groups attached to an aromatic ring is 1. The summed E-state index contributed by atoms with van der Waals surface area (Å²) in [5, 5.41) is 8.94. The molecule has 0 atom stereocenters. The molecule has 0 unspecified atom stereocenters. The molecule has 0 saturated heterocycles. The van der Waals surface area contributed by atoms with Gasteiger partial charge in [-0.2, -0.15) is 5.26 Å². The highest BCUT2D eigenvalue weighted by molar-refractivity contribution is 9.11. The first-order valence-electron chi connectivity index (χ1n) is 4.86. The minimum Gasteiger partial charge on any atom is -0.398 e. The van der Waals surface area contributed by atoms with Crippen molar-refractivity contribution >= 4 is 48.1 Å². The number of hydrogen-bond donors (Lipinski definition) is 2. The van der Waals surface area contributed by atoms with Gasteiger partial charge in [-0.15, -0.1) is 0 Å². The second-order valence-corrected chi connectivity index (χ2v) is 7.50. The number of nitrogens with zero attached hydrogens (tertiary/aromatic N) is 2. The van der Waals surface area contributed by atoms with Gasteiger partial charge >= 0.3 is 0 Å². The van der Waals surface area contributed by atoms with Crippen LogP contribution in [0.15, 0.2) is 33.1 Å². The van der Waals surface area contributed by atoms with E-state index in [2.05, 4.69) is 25.6 Å². The van der Waals surface area contributed by atoms with Gasteiger partial charge in [-0.3, -0.25) is 4.72 Å². The molecule has 0 radical (unpaired) electrons. The summed E-state index contributed by atoms with van der Waals surface area (Å²) in [5.41, 5.74) is 5.96. The molecule has 6 nitrogen and oxygen atoms in total. The van der Waals surface area contributed by atoms with Crippen LogP contribution in [-0.2, 0) is 10.0 Å². The van der Waals surface area contributed by atoms with Gasteiger partial charge in [-0.1, -0.05) is 11.3 Å². The first-order chi connectivity index (χ1) is 8.92. The van der Waals surface area contributed by atoms with Crippen LogP contribution in [0.3, 0.4) is 0 Å². The number of halogens is 1. The molecule has 9 heteroatoms. The van der Waals surface area contributed by atoms with Gasteiger partial charge in [0.2, 0.25) is 0 Å². The number of nitrogens with two attached hydrogens (primary N) is 1. The second-order valence-electron chi connectivity index (χ2n) is 3.44. The van der Waals surface area contributed by atoms with E-state index >= 15 is 0 Å². The molecular formula is C10H7BrN4O2S2. The summed E-state index contributed by atoms with van der Waals surface area (Å²) in [6, 6.07) is 5.88. The van der Waals surface area contributed by atoms with Crippen molar-refractivity contribution in [3.63, 3.8) is 0 Å². The summed E-state index contributed by atoms with van der Waals surface area (Å²) in [5.74, 6) is 0. The Bertz CT molecular complexity index is 764. The van der Waals surface area contributed by atoms with Crippen molar-refractivity contribution in [3.05, 3.63) is 33.7 Å². The molecule has 0 aliphatic rings. The Morgan fingerprint density at radius 3 is 2.74 bits per heavy atom. The molecule has 1 heterocycles. The quantitative estimate of drug-likeness (QED) is 0.817. The van der Waals surface area contributed by atoms with Crippen LogP contribution in [0, 0.1) is 11.3 Å². The van der Waals surface area contributed by atoms with E-state index in [1.165, 1.54) is 24.4 Å². The van der Waals surface area contributed by atoms with Crippen molar-refractivity contribution in [2.24, 2.45) is 0 Å². The van der Waals surface area contributed by atoms with Crippen LogP contribution < -0.4 is 10.5 Å². The summed E-state index contributed by atoms with van der Waals surface area (Å²) in [6.07, 6.45) is 1.49. The van der Waals surface area contributed by atoms with Gasteiger partial charge in [0.05, 0.1) is 27.3 Å². The molecule has 2 aromatic rings. The Labute approximate surface area is 122 Å². The molecule has 1 aromatic carbocycles. The second kappa shape index (κ2) is 5.16. The predicted molar refractivity (Wildman–Crippen MR) is 76.2 cm³/mol. The van der Waals surface area contributed by atoms with Crippen molar-refractivity contribution in [2.45, 2.75) is 4.90 Å². The van der Waals surface area contributed by atoms with E-state index in [0.717, 1.165) is 11.3 Å². The lowest BCUT2D eigenvalue weighted by Crippen LogP contribution is -2.14. The van der Waals surface area contributed by atoms with Gasteiger partial charge < -0.3 is 5.73 Å². The number of thiazole rings is 1. The number of anilines is 2. The minimum atomic E-state index is -3.81. The zero-order valence-electron chi connectivity index (χ0n) is 9.29. The van der Waals surface area contributed by atoms with Gasteiger partial charge in [0.1, 0.15) is 4.90 Å². The number of sulfonamides is 1. The van der Waals surface area contributed by atoms with Crippen molar-refractivity contribution < 1.29 is 8.42 Å². The molecular weight excluding hydrogens is 352 g/mol. The molecule has 3 N–H and O–H groups in total. The predicted octanol–water partition coefficient (Wildman–Crippen LogP) is 2.16. The first kappa shape index (κ1) is 13.8. The molecule has 0 amide bonds. The van der Waals surface area contributed by atoms with Crippen LogP contribution in [0.5, 0.6) is 0 Å². The number of benzene rings is 1. The molecule has 0 spiro atoms. The van der Waals surface area contributed by atoms with Crippen molar-refractivity contribution in [1.82, 2.24) is 4.98 Å². The molecule has 0 saturated carbocycles. The van der Waals surface area contributed by atoms with Crippen LogP contribution >= 0.6 is 27.3 Å². The van der Waals surface area contributed by atoms with Crippen LogP contribution in [0.25, 0.3) is 0 Å². The molecule has 0 bridgehead atoms. The van der Waals surface area contributed by atoms with Crippen molar-refractivity contribution in [1.29, 1.82) is 5.26 Å². The molecule has 98 valence electrons. The standard InChI is InChI=1S/C10H7BrN4O2S2/c11-9-5-14-10(18-9)15-19(16,17)8-2-1-6(4-12)3-7(8)13/h1-3,5H,13H2,(H,14,15). The summed E-state index contributed by atoms with van der Waals surface area (Å²) < 4.78 is 27.2. The fraction of sp³-hybridized carbons (Fsp3) is 0. The third-order valence-electron chi connectivity index (χ3n) is 2.13. The van der Waals surface area contributed by atoms with E-state index in [0.29, 0.717) is 9.35 Å². The van der Waals surface area contributed by atoms with Crippen molar-refractivity contribution in [3.8, 4) is 6.07 Å². The zero-order chi connectivity index (χ0) is 14.0. The molecule has 0 fully saturated rings. The third kappa shape index (κ3) is 3.04. The lowest BCUT2D eigenvalue weighted by molar-refractivity contribution is 0.601. The highest BCUT2D eigenvalue weighted by atomic mass is 79.9. The highest BCUT2D eigenvalue weighted by Gasteiger charge is 2.19. The molecule has 2 rings (SSSR count). The van der Waals surface area contributed by atoms with Gasteiger partial charge in [-0.05, 0) is 34.1 Å². The number of hydrogen-bond acceptors (Lipinski definition) is 6. The maximum Gasteiger partial charge on any atom is 0.265 e. The van der Waals surface area contributed by atoms with Crippen LogP contribution in [0.4, 0.5) is 10.8 Å². The van der Waals surface area contributed by atoms with Crippen molar-refractivity contribution in [2.75, 3.05) is 10.5 Å². The van der Waals surface area contributed by atoms with E-state index in [-0.39, 0.29) is 15.7 Å². The van der Waals surface area contributed by atoms with E-state index in [1.54, 1.807) is 0 Å². The van der Waals surface area contributed by atoms with Gasteiger partial charge in [0.15, 0.2) is 5.13 Å². The third-order valence-corrected chi connectivity index (χ3v) is 5.06. The smallest absolute Gasteiger partial charge is 0.265 e. The number of nitriles is 1. The number of rotatable bonds is 3. The van der Waals surface area contributed by atoms with Crippen LogP contribution in [0.2, 0.25) is 0 Å². The van der Waals surface area contributed by atoms with E-state index in [9.17, 15) is 8.42 Å². The summed E-state index contributed by atoms with van der Waals surface area (Å²) in [4.78, 5) is 3.79. The molecule has 1 aromatic heterocycles. The minimum absolute atomic E-state index is 0.0159. The largest absolute Gasteiger partial charge is 0.398 e. The number of aromatic nitrogens is 1. The lowest BCUT2D eigenvalue weighted by atomic mass is 10.2. The van der Waals surface area contributed by atoms with Crippen LogP contribution in [-0.4, -0.2) is 13.4 Å². The summed E-state index contributed by atoms with van der Waals surface area (Å²) in [6.45, 7) is 0. The Hall–Kier alpha value is -1.63. The normalized spacial score (nSPS) is 10.9. The fourth-order valence-electron chi connectivity index (χ4n) is 1.33. The Morgan fingerprint density at radius 1 is 1.47 bits per heavy atom. The lowest BCUT2D eigenvalue weighted by Gasteiger charge is -2.07. The van der Waals surface area contributed by atoms with E-state index < -0.39 is 10.0 Å². The molecule has 0 aliphatic heterocycles. The number of nitrogens with one attached hydrogen (secondary N) is 1. The maximum absolute atomic E-state index is 12.1. The molecule has 19 heavy (non-hydrogen) atoms. The Kier molecular flexibility index (Phi) is 3.75. The first-order valence-corrected chi connectivity index (χ1v) is 7.95.